The molecule has 0 radical (unpaired) electrons. The molecule has 5 nitrogen and oxygen atoms in total. The predicted molar refractivity (Wildman–Crippen MR) is 55.6 cm³/mol. The minimum absolute atomic E-state index is 0.429. The van der Waals surface area contributed by atoms with Crippen LogP contribution in [0, 0.1) is 10.1 Å². The van der Waals surface area contributed by atoms with E-state index in [-0.39, 0.29) is 0 Å². The molecule has 1 heterocycles. The van der Waals surface area contributed by atoms with Gasteiger partial charge in [0.1, 0.15) is 6.10 Å². The number of nitro groups is 1. The monoisotopic (exact) mass is 229 g/mol. The number of hydrogen-bond donors (Lipinski definition) is 1. The highest BCUT2D eigenvalue weighted by atomic mass is 32.1. The van der Waals surface area contributed by atoms with E-state index >= 15 is 0 Å². The Morgan fingerprint density at radius 3 is 2.80 bits per heavy atom. The number of hydrogen-bond acceptors (Lipinski definition) is 5. The van der Waals surface area contributed by atoms with E-state index in [9.17, 15) is 20.0 Å². The molecule has 0 bridgehead atoms. The fourth-order valence-corrected chi connectivity index (χ4v) is 2.14. The first kappa shape index (κ1) is 11.8. The van der Waals surface area contributed by atoms with Crippen LogP contribution in [0.4, 0.5) is 0 Å². The molecular formula is C9H11NO4S. The maximum atomic E-state index is 11.0. The molecule has 1 aromatic rings. The van der Waals surface area contributed by atoms with Gasteiger partial charge in [-0.3, -0.25) is 14.9 Å². The van der Waals surface area contributed by atoms with Crippen LogP contribution in [0.2, 0.25) is 0 Å². The number of aliphatic hydroxyl groups excluding tert-OH is 1. The van der Waals surface area contributed by atoms with Crippen LogP contribution in [0.5, 0.6) is 0 Å². The van der Waals surface area contributed by atoms with Gasteiger partial charge in [-0.1, -0.05) is 6.07 Å². The summed E-state index contributed by atoms with van der Waals surface area (Å²) in [6, 6.07) is 3.42. The van der Waals surface area contributed by atoms with Gasteiger partial charge in [0.15, 0.2) is 5.78 Å². The van der Waals surface area contributed by atoms with E-state index in [0.717, 1.165) is 0 Å². The van der Waals surface area contributed by atoms with E-state index < -0.39 is 29.3 Å². The zero-order valence-electron chi connectivity index (χ0n) is 8.12. The molecule has 0 amide bonds. The summed E-state index contributed by atoms with van der Waals surface area (Å²) in [6.07, 6.45) is -1.30. The highest BCUT2D eigenvalue weighted by Gasteiger charge is 2.30. The van der Waals surface area contributed by atoms with Gasteiger partial charge < -0.3 is 5.11 Å². The lowest BCUT2D eigenvalue weighted by Gasteiger charge is -2.15. The van der Waals surface area contributed by atoms with Crippen molar-refractivity contribution in [2.45, 2.75) is 18.9 Å². The summed E-state index contributed by atoms with van der Waals surface area (Å²) < 4.78 is 0. The van der Waals surface area contributed by atoms with Gasteiger partial charge in [-0.15, -0.1) is 11.3 Å². The fraction of sp³-hybridized carbons (Fsp3) is 0.444. The molecule has 15 heavy (non-hydrogen) atoms. The molecule has 0 saturated heterocycles. The van der Waals surface area contributed by atoms with Gasteiger partial charge in [0, 0.05) is 9.80 Å². The number of thiophene rings is 1. The molecule has 0 spiro atoms. The molecule has 0 aliphatic carbocycles. The van der Waals surface area contributed by atoms with Crippen molar-refractivity contribution in [3.63, 3.8) is 0 Å². The molecule has 1 N–H and O–H groups in total. The number of Topliss-reactive ketones (excluding diaryl/α,β-unsaturated/α-hetero) is 1. The third kappa shape index (κ3) is 3.10. The quantitative estimate of drug-likeness (QED) is 0.604. The second kappa shape index (κ2) is 4.99. The zero-order chi connectivity index (χ0) is 11.4. The number of carbonyl (C=O) groups is 1. The van der Waals surface area contributed by atoms with E-state index in [1.54, 1.807) is 17.5 Å². The topological polar surface area (TPSA) is 80.4 Å². The average molecular weight is 229 g/mol. The molecule has 0 aromatic carbocycles. The Morgan fingerprint density at radius 1 is 1.73 bits per heavy atom. The summed E-state index contributed by atoms with van der Waals surface area (Å²) in [7, 11) is 0. The van der Waals surface area contributed by atoms with Crippen molar-refractivity contribution < 1.29 is 14.8 Å². The Hall–Kier alpha value is -1.27. The standard InChI is InChI=1S/C9H11NO4S/c1-6(11)9(12)7(5-10(13)14)8-3-2-4-15-8/h2-4,7,9,12H,5H2,1H3/t7-,9-/m0/s1. The van der Waals surface area contributed by atoms with Crippen LogP contribution in [-0.2, 0) is 4.79 Å². The summed E-state index contributed by atoms with van der Waals surface area (Å²) >= 11 is 1.30. The predicted octanol–water partition coefficient (Wildman–Crippen LogP) is 1.06. The Morgan fingerprint density at radius 2 is 2.40 bits per heavy atom. The highest BCUT2D eigenvalue weighted by molar-refractivity contribution is 7.10. The first-order chi connectivity index (χ1) is 7.02. The fourth-order valence-electron chi connectivity index (χ4n) is 1.29. The number of ketones is 1. The van der Waals surface area contributed by atoms with Crippen molar-refractivity contribution in [1.82, 2.24) is 0 Å². The van der Waals surface area contributed by atoms with Crippen LogP contribution >= 0.6 is 11.3 Å². The maximum Gasteiger partial charge on any atom is 0.214 e. The summed E-state index contributed by atoms with van der Waals surface area (Å²) in [5.41, 5.74) is 0. The Kier molecular flexibility index (Phi) is 3.93. The van der Waals surface area contributed by atoms with Gasteiger partial charge in [-0.05, 0) is 18.4 Å². The molecular weight excluding hydrogens is 218 g/mol. The number of nitrogens with zero attached hydrogens (tertiary/aromatic N) is 1. The molecule has 1 rings (SSSR count). The number of rotatable bonds is 5. The Balaban J connectivity index is 2.88. The summed E-state index contributed by atoms with van der Waals surface area (Å²) in [6.45, 7) is 0.798. The lowest BCUT2D eigenvalue weighted by Crippen LogP contribution is -2.30. The molecule has 0 unspecified atom stereocenters. The smallest absolute Gasteiger partial charge is 0.214 e. The Bertz CT molecular complexity index is 349. The third-order valence-electron chi connectivity index (χ3n) is 2.05. The summed E-state index contributed by atoms with van der Waals surface area (Å²) in [4.78, 5) is 21.6. The lowest BCUT2D eigenvalue weighted by atomic mass is 9.98. The van der Waals surface area contributed by atoms with Gasteiger partial charge in [-0.2, -0.15) is 0 Å². The van der Waals surface area contributed by atoms with Gasteiger partial charge in [0.05, 0.1) is 5.92 Å². The van der Waals surface area contributed by atoms with Crippen molar-refractivity contribution >= 4 is 17.1 Å². The minimum Gasteiger partial charge on any atom is -0.384 e. The van der Waals surface area contributed by atoms with Crippen molar-refractivity contribution in [2.75, 3.05) is 6.54 Å². The SMILES string of the molecule is CC(=O)[C@H](O)[C@@H](C[N+](=O)[O-])c1cccs1. The van der Waals surface area contributed by atoms with E-state index in [4.69, 9.17) is 0 Å². The molecule has 82 valence electrons. The maximum absolute atomic E-state index is 11.0. The van der Waals surface area contributed by atoms with Crippen molar-refractivity contribution in [1.29, 1.82) is 0 Å². The van der Waals surface area contributed by atoms with E-state index in [0.29, 0.717) is 4.88 Å². The van der Waals surface area contributed by atoms with Crippen molar-refractivity contribution in [3.05, 3.63) is 32.5 Å². The van der Waals surface area contributed by atoms with Crippen LogP contribution in [0.25, 0.3) is 0 Å². The lowest BCUT2D eigenvalue weighted by molar-refractivity contribution is -0.484. The van der Waals surface area contributed by atoms with Gasteiger partial charge >= 0.3 is 0 Å². The van der Waals surface area contributed by atoms with E-state index in [2.05, 4.69) is 0 Å². The van der Waals surface area contributed by atoms with Crippen molar-refractivity contribution in [3.8, 4) is 0 Å². The van der Waals surface area contributed by atoms with E-state index in [1.807, 2.05) is 0 Å². The highest BCUT2D eigenvalue weighted by Crippen LogP contribution is 2.25. The largest absolute Gasteiger partial charge is 0.384 e. The molecule has 1 aromatic heterocycles. The van der Waals surface area contributed by atoms with Crippen molar-refractivity contribution in [2.24, 2.45) is 0 Å². The average Bonchev–Trinajstić information content (AvgIpc) is 2.65. The summed E-state index contributed by atoms with van der Waals surface area (Å²) in [5, 5.41) is 21.7. The molecule has 0 aliphatic heterocycles. The molecule has 6 heteroatoms. The number of carbonyl (C=O) groups excluding carboxylic acids is 1. The first-order valence-corrected chi connectivity index (χ1v) is 5.24. The zero-order valence-corrected chi connectivity index (χ0v) is 8.94. The van der Waals surface area contributed by atoms with Crippen LogP contribution < -0.4 is 0 Å². The van der Waals surface area contributed by atoms with Crippen LogP contribution in [0.1, 0.15) is 17.7 Å². The molecule has 0 aliphatic rings. The van der Waals surface area contributed by atoms with Gasteiger partial charge in [0.2, 0.25) is 6.54 Å². The molecule has 0 saturated carbocycles. The number of aliphatic hydroxyl groups is 1. The Labute approximate surface area is 90.5 Å². The van der Waals surface area contributed by atoms with Crippen LogP contribution in [-0.4, -0.2) is 28.5 Å². The minimum atomic E-state index is -1.30. The van der Waals surface area contributed by atoms with E-state index in [1.165, 1.54) is 18.3 Å². The van der Waals surface area contributed by atoms with Gasteiger partial charge in [-0.25, -0.2) is 0 Å². The van der Waals surface area contributed by atoms with Crippen LogP contribution in [0.3, 0.4) is 0 Å². The third-order valence-corrected chi connectivity index (χ3v) is 3.06. The second-order valence-corrected chi connectivity index (χ2v) is 4.17. The molecule has 2 atom stereocenters. The normalized spacial score (nSPS) is 14.5. The van der Waals surface area contributed by atoms with Crippen LogP contribution in [0.15, 0.2) is 17.5 Å². The van der Waals surface area contributed by atoms with Gasteiger partial charge in [0.25, 0.3) is 0 Å². The molecule has 0 fully saturated rings. The first-order valence-electron chi connectivity index (χ1n) is 4.36. The second-order valence-electron chi connectivity index (χ2n) is 3.19. The summed E-state index contributed by atoms with van der Waals surface area (Å²) in [5.74, 6) is -1.19.